The van der Waals surface area contributed by atoms with Crippen LogP contribution in [0.2, 0.25) is 0 Å². The molecule has 0 saturated carbocycles. The molecule has 17 N–H and O–H groups in total. The largest absolute Gasteiger partial charge is 0.412 e. The monoisotopic (exact) mass is 325 g/mol. The van der Waals surface area contributed by atoms with Gasteiger partial charge in [-0.15, -0.1) is 0 Å². The van der Waals surface area contributed by atoms with Gasteiger partial charge in [-0.3, -0.25) is 9.13 Å². The lowest BCUT2D eigenvalue weighted by Gasteiger charge is -2.20. The second-order valence-electron chi connectivity index (χ2n) is 2.46. The van der Waals surface area contributed by atoms with Gasteiger partial charge < -0.3 is 57.8 Å². The van der Waals surface area contributed by atoms with E-state index in [2.05, 4.69) is 0 Å². The zero-order valence-electron chi connectivity index (χ0n) is 8.89. The van der Waals surface area contributed by atoms with Crippen molar-refractivity contribution in [2.75, 3.05) is 0 Å². The van der Waals surface area contributed by atoms with Crippen molar-refractivity contribution in [1.82, 2.24) is 0 Å². The molecule has 0 bridgehead atoms. The molecule has 0 rings (SSSR count). The quantitative estimate of drug-likeness (QED) is 0.213. The molecule has 0 aromatic rings. The average molecular weight is 325 g/mol. The zero-order valence-corrected chi connectivity index (χ0v) is 10.7. The second kappa shape index (κ2) is 12.1. The molecule has 120 valence electrons. The molecule has 0 aliphatic carbocycles. The van der Waals surface area contributed by atoms with Gasteiger partial charge in [0, 0.05) is 6.42 Å². The van der Waals surface area contributed by atoms with Crippen LogP contribution in [-0.2, 0) is 9.13 Å². The summed E-state index contributed by atoms with van der Waals surface area (Å²) in [5, 5.41) is 6.30. The molecule has 0 aliphatic heterocycles. The lowest BCUT2D eigenvalue weighted by Crippen LogP contribution is -2.25. The van der Waals surface area contributed by atoms with Crippen LogP contribution in [0.1, 0.15) is 6.42 Å². The molecule has 18 heavy (non-hydrogen) atoms. The van der Waals surface area contributed by atoms with E-state index in [1.54, 1.807) is 0 Å². The molecule has 0 saturated heterocycles. The van der Waals surface area contributed by atoms with Gasteiger partial charge in [0.25, 0.3) is 0 Å². The molecule has 0 amide bonds. The Bertz CT molecular complexity index is 234. The summed E-state index contributed by atoms with van der Waals surface area (Å²) in [7, 11) is -9.91. The van der Waals surface area contributed by atoms with Crippen molar-refractivity contribution in [3.63, 3.8) is 0 Å². The maximum Gasteiger partial charge on any atom is 0.340 e. The van der Waals surface area contributed by atoms with Gasteiger partial charge in [0.2, 0.25) is 0 Å². The van der Waals surface area contributed by atoms with Crippen LogP contribution < -0.4 is 5.73 Å². The van der Waals surface area contributed by atoms with Crippen LogP contribution in [0.5, 0.6) is 0 Å². The third-order valence-electron chi connectivity index (χ3n) is 1.23. The molecular formula is C3H21NO12P2. The number of nitrogens with two attached hydrogens (primary N) is 1. The lowest BCUT2D eigenvalue weighted by molar-refractivity contribution is 0.169. The van der Waals surface area contributed by atoms with Crippen molar-refractivity contribution < 1.29 is 61.2 Å². The first-order valence-electron chi connectivity index (χ1n) is 3.09. The maximum atomic E-state index is 10.5. The molecule has 0 aromatic heterocycles. The number of aliphatic hydroxyl groups is 1. The first kappa shape index (κ1) is 36.1. The highest BCUT2D eigenvalue weighted by Crippen LogP contribution is 2.61. The molecule has 0 heterocycles. The molecule has 0 unspecified atom stereocenters. The summed E-state index contributed by atoms with van der Waals surface area (Å²) in [5.41, 5.74) is 4.76. The Morgan fingerprint density at radius 1 is 0.833 bits per heavy atom. The Morgan fingerprint density at radius 3 is 1.11 bits per heavy atom. The lowest BCUT2D eigenvalue weighted by atomic mass is 10.4. The van der Waals surface area contributed by atoms with Gasteiger partial charge in [0.15, 0.2) is 5.40 Å². The molecule has 13 nitrogen and oxygen atoms in total. The molecule has 0 aliphatic rings. The number of hydrogen-bond donors (Lipinski definition) is 6. The van der Waals surface area contributed by atoms with E-state index in [9.17, 15) is 9.13 Å². The van der Waals surface area contributed by atoms with Gasteiger partial charge in [0.1, 0.15) is 6.23 Å². The fourth-order valence-corrected chi connectivity index (χ4v) is 3.24. The summed E-state index contributed by atoms with van der Waals surface area (Å²) in [5.74, 6) is 0. The molecule has 0 radical (unpaired) electrons. The Morgan fingerprint density at radius 2 is 1.06 bits per heavy atom. The van der Waals surface area contributed by atoms with Crippen LogP contribution in [0, 0.1) is 0 Å². The molecule has 0 spiro atoms. The van der Waals surface area contributed by atoms with Crippen molar-refractivity contribution in [1.29, 1.82) is 0 Å². The summed E-state index contributed by atoms with van der Waals surface area (Å²) in [6.45, 7) is 0. The third kappa shape index (κ3) is 14.1. The summed E-state index contributed by atoms with van der Waals surface area (Å²) in [6.07, 6.45) is -2.53. The highest BCUT2D eigenvalue weighted by Gasteiger charge is 2.43. The number of aliphatic hydroxyl groups excluding tert-OH is 1. The SMILES string of the molecule is N[C@@H](O)CC(P(=O)(O)O)P(=O)(O)O.O.O.O.O.O. The third-order valence-corrected chi connectivity index (χ3v) is 5.01. The maximum absolute atomic E-state index is 10.5. The molecule has 15 heteroatoms. The fourth-order valence-electron chi connectivity index (χ4n) is 0.687. The van der Waals surface area contributed by atoms with Crippen LogP contribution in [0.15, 0.2) is 0 Å². The smallest absolute Gasteiger partial charge is 0.340 e. The highest BCUT2D eigenvalue weighted by atomic mass is 31.2. The zero-order chi connectivity index (χ0) is 10.9. The van der Waals surface area contributed by atoms with Gasteiger partial charge in [0.05, 0.1) is 0 Å². The Balaban J connectivity index is -0.0000000720. The molecular weight excluding hydrogens is 304 g/mol. The van der Waals surface area contributed by atoms with Gasteiger partial charge in [-0.05, 0) is 0 Å². The molecule has 0 fully saturated rings. The Kier molecular flexibility index (Phi) is 24.2. The standard InChI is InChI=1S/C3H11NO7P2.5H2O/c4-2(5)1-3(12(6,7)8)13(9,10)11;;;;;/h2-3,5H,1,4H2,(H2,6,7,8)(H2,9,10,11);5*1H2/t2-;;;;;/m0...../s1. The fraction of sp³-hybridized carbons (Fsp3) is 1.00. The highest BCUT2D eigenvalue weighted by molar-refractivity contribution is 7.70. The predicted molar refractivity (Wildman–Crippen MR) is 60.8 cm³/mol. The molecule has 0 aromatic carbocycles. The van der Waals surface area contributed by atoms with Gasteiger partial charge in [-0.25, -0.2) is 0 Å². The topological polar surface area (TPSA) is 319 Å². The number of rotatable bonds is 4. The van der Waals surface area contributed by atoms with Gasteiger partial charge in [-0.2, -0.15) is 0 Å². The van der Waals surface area contributed by atoms with Crippen molar-refractivity contribution >= 4 is 15.2 Å². The summed E-state index contributed by atoms with van der Waals surface area (Å²) in [6, 6.07) is 0. The number of hydrogen-bond acceptors (Lipinski definition) is 4. The molecule has 1 atom stereocenters. The summed E-state index contributed by atoms with van der Waals surface area (Å²) >= 11 is 0. The average Bonchev–Trinajstić information content (AvgIpc) is 1.77. The first-order chi connectivity index (χ1) is 5.55. The summed E-state index contributed by atoms with van der Waals surface area (Å²) < 4.78 is 21.1. The minimum Gasteiger partial charge on any atom is -0.412 e. The minimum atomic E-state index is -4.95. The van der Waals surface area contributed by atoms with E-state index in [0.29, 0.717) is 0 Å². The van der Waals surface area contributed by atoms with Crippen molar-refractivity contribution in [3.8, 4) is 0 Å². The van der Waals surface area contributed by atoms with Crippen molar-refractivity contribution in [3.05, 3.63) is 0 Å². The van der Waals surface area contributed by atoms with Crippen molar-refractivity contribution in [2.45, 2.75) is 18.0 Å². The predicted octanol–water partition coefficient (Wildman–Crippen LogP) is -5.79. The van der Waals surface area contributed by atoms with Crippen LogP contribution in [0.25, 0.3) is 0 Å². The van der Waals surface area contributed by atoms with Crippen LogP contribution in [0.3, 0.4) is 0 Å². The van der Waals surface area contributed by atoms with E-state index in [1.807, 2.05) is 0 Å². The van der Waals surface area contributed by atoms with Gasteiger partial charge >= 0.3 is 15.2 Å². The van der Waals surface area contributed by atoms with Crippen molar-refractivity contribution in [2.24, 2.45) is 5.73 Å². The van der Waals surface area contributed by atoms with E-state index < -0.39 is 33.2 Å². The van der Waals surface area contributed by atoms with Crippen LogP contribution in [-0.4, -0.2) is 63.7 Å². The second-order valence-corrected chi connectivity index (χ2v) is 6.47. The van der Waals surface area contributed by atoms with Gasteiger partial charge in [-0.1, -0.05) is 0 Å². The van der Waals surface area contributed by atoms with E-state index in [1.165, 1.54) is 0 Å². The minimum absolute atomic E-state index is 0. The Hall–Kier alpha value is 0.0200. The van der Waals surface area contributed by atoms with Crippen LogP contribution in [0.4, 0.5) is 0 Å². The normalized spacial score (nSPS) is 11.7. The van der Waals surface area contributed by atoms with E-state index in [0.717, 1.165) is 0 Å². The Labute approximate surface area is 101 Å². The van der Waals surface area contributed by atoms with E-state index in [4.69, 9.17) is 30.4 Å². The summed E-state index contributed by atoms with van der Waals surface area (Å²) in [4.78, 5) is 34.1. The first-order valence-corrected chi connectivity index (χ1v) is 6.45. The van der Waals surface area contributed by atoms with E-state index in [-0.39, 0.29) is 27.4 Å². The van der Waals surface area contributed by atoms with E-state index >= 15 is 0 Å². The van der Waals surface area contributed by atoms with Crippen LogP contribution >= 0.6 is 15.2 Å².